The molecule has 0 heterocycles. The fraction of sp³-hybridized carbons (Fsp3) is 0.200. The molecule has 13 heavy (non-hydrogen) atoms. The van der Waals surface area contributed by atoms with E-state index in [9.17, 15) is 0 Å². The number of rotatable bonds is 0. The summed E-state index contributed by atoms with van der Waals surface area (Å²) in [7, 11) is 0. The van der Waals surface area contributed by atoms with E-state index in [4.69, 9.17) is 0 Å². The first-order valence-electron chi connectivity index (χ1n) is 3.74. The zero-order chi connectivity index (χ0) is 7.90. The van der Waals surface area contributed by atoms with Crippen LogP contribution in [0.5, 0.6) is 0 Å². The Morgan fingerprint density at radius 1 is 1.15 bits per heavy atom. The number of allylic oxidation sites excluding steroid dienone is 1. The molecule has 1 atom stereocenters. The summed E-state index contributed by atoms with van der Waals surface area (Å²) in [5, 5.41) is 0. The Bertz CT molecular complexity index is 318. The van der Waals surface area contributed by atoms with Crippen LogP contribution < -0.4 is 0 Å². The van der Waals surface area contributed by atoms with Crippen LogP contribution in [0.1, 0.15) is 18.1 Å². The number of benzene rings is 1. The van der Waals surface area contributed by atoms with Crippen molar-refractivity contribution in [2.45, 2.75) is 10.6 Å². The molecule has 0 spiro atoms. The molecule has 69 valence electrons. The van der Waals surface area contributed by atoms with Gasteiger partial charge in [0.1, 0.15) is 0 Å². The van der Waals surface area contributed by atoms with Gasteiger partial charge in [-0.1, -0.05) is 0 Å². The molecule has 1 aliphatic rings. The molecule has 0 aliphatic heterocycles. The summed E-state index contributed by atoms with van der Waals surface area (Å²) in [5.74, 6) is 0. The third-order valence-corrected chi connectivity index (χ3v) is 2.80. The fourth-order valence-corrected chi connectivity index (χ4v) is 1.95. The van der Waals surface area contributed by atoms with Gasteiger partial charge in [0.15, 0.2) is 0 Å². The van der Waals surface area contributed by atoms with Crippen LogP contribution in [0.4, 0.5) is 0 Å². The van der Waals surface area contributed by atoms with Gasteiger partial charge in [-0.3, -0.25) is 0 Å². The molecule has 0 fully saturated rings. The van der Waals surface area contributed by atoms with Crippen LogP contribution in [0.2, 0.25) is 0 Å². The van der Waals surface area contributed by atoms with Crippen molar-refractivity contribution in [3.8, 4) is 0 Å². The number of hydrogen-bond donors (Lipinski definition) is 0. The second-order valence-electron chi connectivity index (χ2n) is 3.12. The van der Waals surface area contributed by atoms with Gasteiger partial charge in [-0.05, 0) is 0 Å². The van der Waals surface area contributed by atoms with Crippen molar-refractivity contribution in [2.75, 3.05) is 0 Å². The van der Waals surface area contributed by atoms with Crippen LogP contribution in [0.15, 0.2) is 30.3 Å². The predicted molar refractivity (Wildman–Crippen MR) is 63.5 cm³/mol. The second-order valence-corrected chi connectivity index (χ2v) is 4.74. The van der Waals surface area contributed by atoms with Gasteiger partial charge in [-0.25, -0.2) is 0 Å². The van der Waals surface area contributed by atoms with Crippen molar-refractivity contribution in [1.29, 1.82) is 0 Å². The molecule has 1 aliphatic carbocycles. The van der Waals surface area contributed by atoms with Crippen molar-refractivity contribution in [3.05, 3.63) is 41.5 Å². The zero-order valence-corrected chi connectivity index (χ0v) is 12.3. The summed E-state index contributed by atoms with van der Waals surface area (Å²) >= 11 is 2.25. The van der Waals surface area contributed by atoms with Gasteiger partial charge < -0.3 is 0 Å². The van der Waals surface area contributed by atoms with E-state index in [0.717, 1.165) is 0 Å². The van der Waals surface area contributed by atoms with E-state index in [0.29, 0.717) is 0 Å². The molecule has 0 nitrogen and oxygen atoms in total. The molecule has 1 aromatic rings. The molecule has 3 heteroatoms. The monoisotopic (exact) mass is 337 g/mol. The van der Waals surface area contributed by atoms with Crippen molar-refractivity contribution in [1.82, 2.24) is 0 Å². The van der Waals surface area contributed by atoms with Gasteiger partial charge >= 0.3 is 78.6 Å². The van der Waals surface area contributed by atoms with E-state index in [-0.39, 0.29) is 37.7 Å². The quantitative estimate of drug-likeness (QED) is 0.634. The van der Waals surface area contributed by atoms with Gasteiger partial charge in [-0.15, -0.1) is 34.0 Å². The zero-order valence-electron chi connectivity index (χ0n) is 7.28. The molecule has 1 unspecified atom stereocenters. The Morgan fingerprint density at radius 3 is 2.38 bits per heavy atom. The second kappa shape index (κ2) is 4.92. The summed E-state index contributed by atoms with van der Waals surface area (Å²) in [6.07, 6.45) is 4.47. The summed E-state index contributed by atoms with van der Waals surface area (Å²) in [4.78, 5) is 0. The Labute approximate surface area is 112 Å². The summed E-state index contributed by atoms with van der Waals surface area (Å²) in [6, 6.07) is 8.56. The van der Waals surface area contributed by atoms with Crippen LogP contribution in [-0.4, -0.2) is 0 Å². The normalized spacial score (nSPS) is 22.8. The molecule has 0 radical (unpaired) electrons. The van der Waals surface area contributed by atoms with E-state index in [1.54, 1.807) is 0 Å². The SMILES string of the molecule is Br.Br.C[C]1([Ti])C=Cc2ccccc21. The van der Waals surface area contributed by atoms with Crippen molar-refractivity contribution >= 4 is 40.0 Å². The van der Waals surface area contributed by atoms with E-state index in [2.05, 4.69) is 63.8 Å². The van der Waals surface area contributed by atoms with E-state index in [1.165, 1.54) is 11.1 Å². The fourth-order valence-electron chi connectivity index (χ4n) is 1.46. The standard InChI is InChI=1S/C10H9.2BrH.Ti/c1-8-6-7-9-4-2-3-5-10(8)9;;;/h2-7H,1H3;2*1H;. The molecule has 0 saturated heterocycles. The molecule has 0 bridgehead atoms. The van der Waals surface area contributed by atoms with E-state index in [1.807, 2.05) is 0 Å². The maximum atomic E-state index is 2.26. The maximum absolute atomic E-state index is 2.26. The molecule has 0 aromatic heterocycles. The Kier molecular flexibility index (Phi) is 5.17. The third-order valence-electron chi connectivity index (χ3n) is 2.12. The van der Waals surface area contributed by atoms with Gasteiger partial charge in [0.05, 0.1) is 0 Å². The van der Waals surface area contributed by atoms with Gasteiger partial charge in [0, 0.05) is 0 Å². The molecule has 2 rings (SSSR count). The molecule has 0 saturated carbocycles. The number of fused-ring (bicyclic) bond motifs is 1. The van der Waals surface area contributed by atoms with Gasteiger partial charge in [-0.2, -0.15) is 0 Å². The average molecular weight is 339 g/mol. The summed E-state index contributed by atoms with van der Waals surface area (Å²) in [6.45, 7) is 2.25. The van der Waals surface area contributed by atoms with Crippen LogP contribution in [0.3, 0.4) is 0 Å². The van der Waals surface area contributed by atoms with E-state index >= 15 is 0 Å². The first-order chi connectivity index (χ1) is 5.20. The number of hydrogen-bond acceptors (Lipinski definition) is 0. The molecular weight excluding hydrogens is 328 g/mol. The first kappa shape index (κ1) is 13.6. The van der Waals surface area contributed by atoms with Crippen LogP contribution in [0.25, 0.3) is 6.08 Å². The molecular formula is C10H11Br2Ti. The Morgan fingerprint density at radius 2 is 1.77 bits per heavy atom. The minimum absolute atomic E-state index is 0. The van der Waals surface area contributed by atoms with Crippen LogP contribution in [-0.2, 0) is 24.2 Å². The topological polar surface area (TPSA) is 0 Å². The molecule has 0 amide bonds. The number of halogens is 2. The molecule has 0 N–H and O–H groups in total. The Hall–Kier alpha value is 0.634. The molecule has 1 aromatic carbocycles. The van der Waals surface area contributed by atoms with Crippen LogP contribution >= 0.6 is 34.0 Å². The summed E-state index contributed by atoms with van der Waals surface area (Å²) < 4.78 is 0.247. The average Bonchev–Trinajstić information content (AvgIpc) is 2.29. The van der Waals surface area contributed by atoms with Crippen molar-refractivity contribution < 1.29 is 20.4 Å². The van der Waals surface area contributed by atoms with Gasteiger partial charge in [0.2, 0.25) is 0 Å². The minimum atomic E-state index is 0. The predicted octanol–water partition coefficient (Wildman–Crippen LogP) is 3.63. The Balaban J connectivity index is 0.000000720. The van der Waals surface area contributed by atoms with E-state index < -0.39 is 0 Å². The van der Waals surface area contributed by atoms with Crippen molar-refractivity contribution in [3.63, 3.8) is 0 Å². The van der Waals surface area contributed by atoms with Gasteiger partial charge in [0.25, 0.3) is 0 Å². The third kappa shape index (κ3) is 2.56. The first-order valence-corrected chi connectivity index (χ1v) is 4.52. The van der Waals surface area contributed by atoms with Crippen molar-refractivity contribution in [2.24, 2.45) is 0 Å². The van der Waals surface area contributed by atoms with Crippen LogP contribution in [0, 0.1) is 0 Å². The summed E-state index contributed by atoms with van der Waals surface area (Å²) in [5.41, 5.74) is 2.82.